The quantitative estimate of drug-likeness (QED) is 0.761. The molecule has 0 saturated carbocycles. The second-order valence-electron chi connectivity index (χ2n) is 8.66. The van der Waals surface area contributed by atoms with Gasteiger partial charge in [-0.3, -0.25) is 9.69 Å². The zero-order valence-electron chi connectivity index (χ0n) is 18.2. The number of likely N-dealkylation sites (tertiary alicyclic amines) is 1. The maximum absolute atomic E-state index is 14.2. The molecular weight excluding hydrogens is 419 g/mol. The summed E-state index contributed by atoms with van der Waals surface area (Å²) in [6, 6.07) is 4.58. The first-order chi connectivity index (χ1) is 14.9. The number of nitrogens with one attached hydrogen (secondary N) is 1. The first-order valence-electron chi connectivity index (χ1n) is 11.0. The summed E-state index contributed by atoms with van der Waals surface area (Å²) in [6.45, 7) is 6.51. The topological polar surface area (TPSA) is 66.3 Å². The standard InChI is InChI=1S/C22H30ClFN6O/c1-15(25-22(31)16-6-9-28(2)10-7-16)21-27-26-20-8-11-29(12-13-30(20)21)14-17-18(23)4-3-5-19(17)24/h3-5,15-16H,6-14H2,1-2H3,(H,25,31). The van der Waals surface area contributed by atoms with E-state index in [0.717, 1.165) is 50.7 Å². The first kappa shape index (κ1) is 22.2. The van der Waals surface area contributed by atoms with E-state index in [1.54, 1.807) is 12.1 Å². The summed E-state index contributed by atoms with van der Waals surface area (Å²) >= 11 is 6.21. The normalized spacial score (nSPS) is 19.6. The lowest BCUT2D eigenvalue weighted by Crippen LogP contribution is -2.40. The summed E-state index contributed by atoms with van der Waals surface area (Å²) in [4.78, 5) is 17.2. The van der Waals surface area contributed by atoms with Gasteiger partial charge >= 0.3 is 0 Å². The molecule has 1 amide bonds. The molecule has 0 aliphatic carbocycles. The molecule has 7 nitrogen and oxygen atoms in total. The molecular formula is C22H30ClFN6O. The van der Waals surface area contributed by atoms with Gasteiger partial charge in [-0.2, -0.15) is 0 Å². The zero-order chi connectivity index (χ0) is 22.0. The van der Waals surface area contributed by atoms with E-state index in [-0.39, 0.29) is 23.7 Å². The fraction of sp³-hybridized carbons (Fsp3) is 0.591. The van der Waals surface area contributed by atoms with Crippen LogP contribution in [0.1, 0.15) is 43.0 Å². The summed E-state index contributed by atoms with van der Waals surface area (Å²) in [5.74, 6) is 1.57. The molecule has 1 aromatic heterocycles. The van der Waals surface area contributed by atoms with Gasteiger partial charge in [0.25, 0.3) is 0 Å². The summed E-state index contributed by atoms with van der Waals surface area (Å²) < 4.78 is 16.3. The van der Waals surface area contributed by atoms with Crippen LogP contribution in [0.25, 0.3) is 0 Å². The van der Waals surface area contributed by atoms with Gasteiger partial charge < -0.3 is 14.8 Å². The molecule has 1 fully saturated rings. The van der Waals surface area contributed by atoms with Gasteiger partial charge in [0.05, 0.1) is 6.04 Å². The van der Waals surface area contributed by atoms with E-state index in [1.165, 1.54) is 6.07 Å². The minimum absolute atomic E-state index is 0.0613. The van der Waals surface area contributed by atoms with Crippen molar-refractivity contribution in [2.24, 2.45) is 5.92 Å². The number of nitrogens with zero attached hydrogens (tertiary/aromatic N) is 5. The van der Waals surface area contributed by atoms with Crippen LogP contribution in [0.15, 0.2) is 18.2 Å². The molecule has 4 rings (SSSR count). The Morgan fingerprint density at radius 2 is 2.00 bits per heavy atom. The van der Waals surface area contributed by atoms with Crippen molar-refractivity contribution in [3.63, 3.8) is 0 Å². The van der Waals surface area contributed by atoms with Gasteiger partial charge in [0.2, 0.25) is 5.91 Å². The molecule has 0 spiro atoms. The highest BCUT2D eigenvalue weighted by Gasteiger charge is 2.27. The van der Waals surface area contributed by atoms with Gasteiger partial charge in [-0.15, -0.1) is 10.2 Å². The maximum atomic E-state index is 14.2. The molecule has 0 bridgehead atoms. The van der Waals surface area contributed by atoms with Crippen LogP contribution >= 0.6 is 11.6 Å². The van der Waals surface area contributed by atoms with Crippen molar-refractivity contribution in [3.05, 3.63) is 46.3 Å². The molecule has 1 atom stereocenters. The molecule has 0 radical (unpaired) electrons. The summed E-state index contributed by atoms with van der Waals surface area (Å²) in [6.07, 6.45) is 2.50. The highest BCUT2D eigenvalue weighted by atomic mass is 35.5. The van der Waals surface area contributed by atoms with Crippen LogP contribution in [0.3, 0.4) is 0 Å². The smallest absolute Gasteiger partial charge is 0.223 e. The number of hydrogen-bond acceptors (Lipinski definition) is 5. The molecule has 1 N–H and O–H groups in total. The third kappa shape index (κ3) is 5.07. The van der Waals surface area contributed by atoms with Crippen molar-refractivity contribution in [1.29, 1.82) is 0 Å². The van der Waals surface area contributed by atoms with Crippen LogP contribution in [0.5, 0.6) is 0 Å². The Balaban J connectivity index is 1.39. The van der Waals surface area contributed by atoms with Crippen LogP contribution in [0.2, 0.25) is 5.02 Å². The molecule has 2 aliphatic heterocycles. The SMILES string of the molecule is CC(NC(=O)C1CCN(C)CC1)c1nnc2n1CCN(Cc1c(F)cccc1Cl)CC2. The Kier molecular flexibility index (Phi) is 6.89. The Morgan fingerprint density at radius 3 is 2.74 bits per heavy atom. The third-order valence-corrected chi connectivity index (χ3v) is 6.78. The highest BCUT2D eigenvalue weighted by molar-refractivity contribution is 6.31. The minimum atomic E-state index is -0.276. The van der Waals surface area contributed by atoms with Gasteiger partial charge in [-0.25, -0.2) is 4.39 Å². The lowest BCUT2D eigenvalue weighted by molar-refractivity contribution is -0.127. The summed E-state index contributed by atoms with van der Waals surface area (Å²) in [5.41, 5.74) is 0.529. The van der Waals surface area contributed by atoms with E-state index in [0.29, 0.717) is 30.1 Å². The van der Waals surface area contributed by atoms with Crippen molar-refractivity contribution in [2.75, 3.05) is 33.2 Å². The number of fused-ring (bicyclic) bond motifs is 1. The number of aromatic nitrogens is 3. The lowest BCUT2D eigenvalue weighted by atomic mass is 9.96. The molecule has 2 aromatic rings. The fourth-order valence-electron chi connectivity index (χ4n) is 4.44. The molecule has 2 aliphatic rings. The van der Waals surface area contributed by atoms with Gasteiger partial charge in [-0.1, -0.05) is 17.7 Å². The van der Waals surface area contributed by atoms with Crippen LogP contribution in [-0.4, -0.2) is 63.7 Å². The average molecular weight is 449 g/mol. The van der Waals surface area contributed by atoms with Gasteiger partial charge in [0.15, 0.2) is 5.82 Å². The summed E-state index contributed by atoms with van der Waals surface area (Å²) in [5, 5.41) is 12.3. The zero-order valence-corrected chi connectivity index (χ0v) is 18.9. The monoisotopic (exact) mass is 448 g/mol. The van der Waals surface area contributed by atoms with Crippen molar-refractivity contribution >= 4 is 17.5 Å². The average Bonchev–Trinajstić information content (AvgIpc) is 3.05. The predicted octanol–water partition coefficient (Wildman–Crippen LogP) is 2.65. The van der Waals surface area contributed by atoms with E-state index in [9.17, 15) is 9.18 Å². The van der Waals surface area contributed by atoms with Crippen LogP contribution in [0, 0.1) is 11.7 Å². The van der Waals surface area contributed by atoms with E-state index in [1.807, 2.05) is 6.92 Å². The van der Waals surface area contributed by atoms with Crippen molar-refractivity contribution in [2.45, 2.75) is 45.3 Å². The lowest BCUT2D eigenvalue weighted by Gasteiger charge is -2.29. The van der Waals surface area contributed by atoms with Crippen LogP contribution in [0.4, 0.5) is 4.39 Å². The third-order valence-electron chi connectivity index (χ3n) is 6.43. The van der Waals surface area contributed by atoms with E-state index in [4.69, 9.17) is 11.6 Å². The van der Waals surface area contributed by atoms with Crippen LogP contribution in [-0.2, 0) is 24.3 Å². The minimum Gasteiger partial charge on any atom is -0.346 e. The van der Waals surface area contributed by atoms with Crippen molar-refractivity contribution in [1.82, 2.24) is 29.9 Å². The largest absolute Gasteiger partial charge is 0.346 e. The summed E-state index contributed by atoms with van der Waals surface area (Å²) in [7, 11) is 2.09. The molecule has 168 valence electrons. The molecule has 1 aromatic carbocycles. The number of rotatable bonds is 5. The van der Waals surface area contributed by atoms with Crippen molar-refractivity contribution < 1.29 is 9.18 Å². The maximum Gasteiger partial charge on any atom is 0.223 e. The van der Waals surface area contributed by atoms with E-state index in [2.05, 4.69) is 36.9 Å². The number of carbonyl (C=O) groups excluding carboxylic acids is 1. The molecule has 1 unspecified atom stereocenters. The Labute approximate surface area is 187 Å². The molecule has 3 heterocycles. The molecule has 1 saturated heterocycles. The van der Waals surface area contributed by atoms with Gasteiger partial charge in [-0.05, 0) is 52.0 Å². The van der Waals surface area contributed by atoms with Gasteiger partial charge in [0.1, 0.15) is 11.6 Å². The van der Waals surface area contributed by atoms with Crippen molar-refractivity contribution in [3.8, 4) is 0 Å². The second kappa shape index (κ2) is 9.63. The number of piperidine rings is 1. The predicted molar refractivity (Wildman–Crippen MR) is 117 cm³/mol. The van der Waals surface area contributed by atoms with Crippen LogP contribution < -0.4 is 5.32 Å². The fourth-order valence-corrected chi connectivity index (χ4v) is 4.66. The first-order valence-corrected chi connectivity index (χ1v) is 11.4. The Hall–Kier alpha value is -2.03. The van der Waals surface area contributed by atoms with E-state index < -0.39 is 0 Å². The van der Waals surface area contributed by atoms with Gasteiger partial charge in [0, 0.05) is 49.1 Å². The Morgan fingerprint density at radius 1 is 1.23 bits per heavy atom. The number of amides is 1. The number of benzene rings is 1. The Bertz CT molecular complexity index is 906. The second-order valence-corrected chi connectivity index (χ2v) is 9.07. The van der Waals surface area contributed by atoms with E-state index >= 15 is 0 Å². The number of carbonyl (C=O) groups is 1. The number of halogens is 2. The molecule has 31 heavy (non-hydrogen) atoms. The molecule has 9 heteroatoms. The highest BCUT2D eigenvalue weighted by Crippen LogP contribution is 2.23. The number of hydrogen-bond donors (Lipinski definition) is 1.